The second kappa shape index (κ2) is 8.99. The van der Waals surface area contributed by atoms with Gasteiger partial charge >= 0.3 is 0 Å². The van der Waals surface area contributed by atoms with E-state index in [-0.39, 0.29) is 17.8 Å². The zero-order chi connectivity index (χ0) is 26.9. The Balaban J connectivity index is 1.22. The van der Waals surface area contributed by atoms with Gasteiger partial charge in [0, 0.05) is 46.7 Å². The van der Waals surface area contributed by atoms with Crippen LogP contribution in [-0.2, 0) is 6.42 Å². The molecule has 0 bridgehead atoms. The Hall–Kier alpha value is -3.56. The quantitative estimate of drug-likeness (QED) is 0.401. The summed E-state index contributed by atoms with van der Waals surface area (Å²) < 4.78 is 17.0. The molecule has 9 heteroatoms. The number of fused-ring (bicyclic) bond motifs is 2. The third-order valence-electron chi connectivity index (χ3n) is 8.59. The molecule has 1 amide bonds. The summed E-state index contributed by atoms with van der Waals surface area (Å²) in [4.78, 5) is 22.5. The lowest BCUT2D eigenvalue weighted by molar-refractivity contribution is 0.0670. The maximum Gasteiger partial charge on any atom is 0.274 e. The average molecular weight is 542 g/mol. The van der Waals surface area contributed by atoms with Crippen molar-refractivity contribution in [2.24, 2.45) is 0 Å². The van der Waals surface area contributed by atoms with Gasteiger partial charge in [0.2, 0.25) is 0 Å². The van der Waals surface area contributed by atoms with Crippen LogP contribution in [0.3, 0.4) is 0 Å². The number of rotatable bonds is 4. The molecule has 7 rings (SSSR count). The molecule has 0 unspecified atom stereocenters. The minimum atomic E-state index is -0.619. The third kappa shape index (κ3) is 4.33. The molecule has 0 spiro atoms. The molecule has 1 aliphatic carbocycles. The van der Waals surface area contributed by atoms with Crippen LogP contribution in [0.5, 0.6) is 0 Å². The minimum absolute atomic E-state index is 0.0306. The maximum absolute atomic E-state index is 15.4. The molecule has 200 valence electrons. The van der Waals surface area contributed by atoms with Gasteiger partial charge in [-0.1, -0.05) is 24.3 Å². The summed E-state index contributed by atoms with van der Waals surface area (Å²) in [6, 6.07) is 15.4. The van der Waals surface area contributed by atoms with E-state index in [4.69, 9.17) is 10.1 Å². The third-order valence-corrected chi connectivity index (χ3v) is 9.41. The Morgan fingerprint density at radius 1 is 1.13 bits per heavy atom. The van der Waals surface area contributed by atoms with Crippen molar-refractivity contribution in [2.45, 2.75) is 49.8 Å². The summed E-state index contributed by atoms with van der Waals surface area (Å²) in [5, 5.41) is 14.4. The van der Waals surface area contributed by atoms with Crippen LogP contribution in [0.2, 0.25) is 0 Å². The standard InChI is InChI=1S/C30H32FN5O2Si/c1-18-22-5-3-2-4-19(22)10-12-35(18)29(37)26-15-24(20-6-7-20)28-32-27(16-36(28)33-26)23-9-8-21(14-25(23)31)34-13-11-30(38,39)17-34/h2-5,8-9,14-16,18,20,38H,6-7,10-13,17H2,1,39H3/t18-,30+/m1/s1. The van der Waals surface area contributed by atoms with Gasteiger partial charge in [0.05, 0.1) is 23.2 Å². The molecule has 0 radical (unpaired) electrons. The normalized spacial score (nSPS) is 23.0. The van der Waals surface area contributed by atoms with Crippen LogP contribution in [0, 0.1) is 5.82 Å². The number of hydrogen-bond donors (Lipinski definition) is 1. The van der Waals surface area contributed by atoms with Gasteiger partial charge in [0.25, 0.3) is 5.91 Å². The van der Waals surface area contributed by atoms with Crippen LogP contribution in [-0.4, -0.2) is 65.6 Å². The Kier molecular flexibility index (Phi) is 5.64. The van der Waals surface area contributed by atoms with Gasteiger partial charge in [-0.15, -0.1) is 0 Å². The number of halogens is 1. The zero-order valence-corrected chi connectivity index (χ0v) is 24.3. The average Bonchev–Trinajstić information content (AvgIpc) is 3.58. The highest BCUT2D eigenvalue weighted by Gasteiger charge is 2.34. The van der Waals surface area contributed by atoms with Gasteiger partial charge in [-0.2, -0.15) is 5.10 Å². The fourth-order valence-corrected chi connectivity index (χ4v) is 6.81. The minimum Gasteiger partial charge on any atom is -0.393 e. The fraction of sp³-hybridized carbons (Fsp3) is 0.367. The molecule has 1 saturated heterocycles. The largest absolute Gasteiger partial charge is 0.393 e. The number of hydrogen-bond acceptors (Lipinski definition) is 5. The number of anilines is 1. The van der Waals surface area contributed by atoms with E-state index in [0.29, 0.717) is 58.3 Å². The summed E-state index contributed by atoms with van der Waals surface area (Å²) in [5.74, 6) is -0.101. The Labute approximate surface area is 229 Å². The van der Waals surface area contributed by atoms with Gasteiger partial charge in [-0.3, -0.25) is 4.79 Å². The van der Waals surface area contributed by atoms with E-state index in [1.165, 1.54) is 17.2 Å². The van der Waals surface area contributed by atoms with Gasteiger partial charge in [-0.25, -0.2) is 13.9 Å². The smallest absolute Gasteiger partial charge is 0.274 e. The number of β-amino-alcohol motifs (C(OH)–C–C–N with tert-alkyl or cyclic N) is 1. The zero-order valence-electron chi connectivity index (χ0n) is 22.3. The first-order chi connectivity index (χ1) is 18.8. The lowest BCUT2D eigenvalue weighted by Crippen LogP contribution is -2.39. The van der Waals surface area contributed by atoms with Gasteiger partial charge in [-0.05, 0) is 73.9 Å². The Bertz CT molecular complexity index is 1610. The number of amides is 1. The molecule has 2 atom stereocenters. The van der Waals surface area contributed by atoms with E-state index < -0.39 is 5.22 Å². The second-order valence-corrected chi connectivity index (χ2v) is 13.5. The van der Waals surface area contributed by atoms with Crippen molar-refractivity contribution in [3.8, 4) is 11.3 Å². The van der Waals surface area contributed by atoms with Crippen molar-refractivity contribution in [3.05, 3.63) is 82.9 Å². The van der Waals surface area contributed by atoms with Crippen molar-refractivity contribution in [1.29, 1.82) is 0 Å². The summed E-state index contributed by atoms with van der Waals surface area (Å²) in [7, 11) is 0.690. The number of aliphatic hydroxyl groups is 1. The molecular formula is C30H32FN5O2Si. The van der Waals surface area contributed by atoms with E-state index in [9.17, 15) is 9.90 Å². The molecule has 39 heavy (non-hydrogen) atoms. The lowest BCUT2D eigenvalue weighted by Gasteiger charge is -2.35. The monoisotopic (exact) mass is 541 g/mol. The number of benzene rings is 2. The van der Waals surface area contributed by atoms with Crippen LogP contribution >= 0.6 is 0 Å². The number of nitrogens with zero attached hydrogens (tertiary/aromatic N) is 5. The van der Waals surface area contributed by atoms with Crippen molar-refractivity contribution in [2.75, 3.05) is 24.5 Å². The summed E-state index contributed by atoms with van der Waals surface area (Å²) in [6.07, 6.45) is 5.38. The van der Waals surface area contributed by atoms with Crippen LogP contribution in [0.1, 0.15) is 65.3 Å². The molecule has 3 aliphatic rings. The molecule has 1 saturated carbocycles. The molecule has 2 aromatic heterocycles. The van der Waals surface area contributed by atoms with Crippen LogP contribution in [0.15, 0.2) is 54.7 Å². The fourth-order valence-electron chi connectivity index (χ4n) is 6.20. The topological polar surface area (TPSA) is 74.0 Å². The highest BCUT2D eigenvalue weighted by atomic mass is 28.1. The molecule has 2 aliphatic heterocycles. The molecule has 2 aromatic carbocycles. The van der Waals surface area contributed by atoms with E-state index in [0.717, 1.165) is 37.1 Å². The van der Waals surface area contributed by atoms with Crippen molar-refractivity contribution < 1.29 is 14.3 Å². The summed E-state index contributed by atoms with van der Waals surface area (Å²) in [5.41, 5.74) is 6.24. The maximum atomic E-state index is 15.4. The van der Waals surface area contributed by atoms with E-state index in [1.807, 2.05) is 34.1 Å². The van der Waals surface area contributed by atoms with Crippen molar-refractivity contribution in [1.82, 2.24) is 19.5 Å². The van der Waals surface area contributed by atoms with Gasteiger partial charge < -0.3 is 14.9 Å². The van der Waals surface area contributed by atoms with Crippen molar-refractivity contribution >= 4 is 27.5 Å². The van der Waals surface area contributed by atoms with Crippen molar-refractivity contribution in [3.63, 3.8) is 0 Å². The number of imidazole rings is 1. The van der Waals surface area contributed by atoms with E-state index in [2.05, 4.69) is 19.1 Å². The molecule has 4 heterocycles. The SMILES string of the molecule is C[C@@H]1c2ccccc2CCN1C(=O)c1cc(C2CC2)c2nc(-c3ccc(N4CC[C@](O)([SiH3])C4)cc3F)cn2n1. The lowest BCUT2D eigenvalue weighted by atomic mass is 9.93. The van der Waals surface area contributed by atoms with Crippen LogP contribution in [0.25, 0.3) is 16.9 Å². The number of carbonyl (C=O) groups is 1. The van der Waals surface area contributed by atoms with Crippen LogP contribution < -0.4 is 4.90 Å². The first-order valence-electron chi connectivity index (χ1n) is 13.8. The highest BCUT2D eigenvalue weighted by Crippen LogP contribution is 2.42. The number of aromatic nitrogens is 3. The Morgan fingerprint density at radius 2 is 1.95 bits per heavy atom. The number of carbonyl (C=O) groups excluding carboxylic acids is 1. The van der Waals surface area contributed by atoms with E-state index in [1.54, 1.807) is 16.8 Å². The van der Waals surface area contributed by atoms with Gasteiger partial charge in [0.15, 0.2) is 5.65 Å². The molecular weight excluding hydrogens is 509 g/mol. The predicted molar refractivity (Wildman–Crippen MR) is 152 cm³/mol. The summed E-state index contributed by atoms with van der Waals surface area (Å²) >= 11 is 0. The summed E-state index contributed by atoms with van der Waals surface area (Å²) in [6.45, 7) is 3.99. The first kappa shape index (κ1) is 24.5. The second-order valence-electron chi connectivity index (χ2n) is 11.6. The van der Waals surface area contributed by atoms with E-state index >= 15 is 4.39 Å². The molecule has 4 aromatic rings. The molecule has 7 nitrogen and oxygen atoms in total. The first-order valence-corrected chi connectivity index (χ1v) is 14.8. The Morgan fingerprint density at radius 3 is 2.69 bits per heavy atom. The molecule has 2 fully saturated rings. The predicted octanol–water partition coefficient (Wildman–Crippen LogP) is 3.44. The van der Waals surface area contributed by atoms with Crippen LogP contribution in [0.4, 0.5) is 10.1 Å². The van der Waals surface area contributed by atoms with Gasteiger partial charge in [0.1, 0.15) is 11.5 Å². The highest BCUT2D eigenvalue weighted by molar-refractivity contribution is 6.15. The molecule has 1 N–H and O–H groups in total.